The van der Waals surface area contributed by atoms with E-state index >= 15 is 0 Å². The van der Waals surface area contributed by atoms with Crippen LogP contribution in [0.2, 0.25) is 5.02 Å². The molecule has 1 aromatic carbocycles. The maximum Gasteiger partial charge on any atom is 0.218 e. The molecule has 11 heteroatoms. The minimum absolute atomic E-state index is 0.0133. The molecule has 0 spiro atoms. The van der Waals surface area contributed by atoms with Gasteiger partial charge < -0.3 is 4.74 Å². The first-order chi connectivity index (χ1) is 16.7. The van der Waals surface area contributed by atoms with Gasteiger partial charge in [-0.25, -0.2) is 21.1 Å². The third-order valence-electron chi connectivity index (χ3n) is 6.60. The number of hydrogen-bond acceptors (Lipinski definition) is 6. The summed E-state index contributed by atoms with van der Waals surface area (Å²) in [7, 11) is -6.89. The van der Waals surface area contributed by atoms with Crippen LogP contribution in [0, 0.1) is 0 Å². The van der Waals surface area contributed by atoms with Gasteiger partial charge in [0.2, 0.25) is 20.0 Å². The van der Waals surface area contributed by atoms with Gasteiger partial charge in [0.1, 0.15) is 11.9 Å². The molecule has 35 heavy (non-hydrogen) atoms. The highest BCUT2D eigenvalue weighted by Gasteiger charge is 2.35. The van der Waals surface area contributed by atoms with E-state index in [0.29, 0.717) is 55.9 Å². The van der Waals surface area contributed by atoms with Crippen LogP contribution in [0.3, 0.4) is 0 Å². The SMILES string of the molecule is O=S(=O)(CCCC1CCCN1S(=O)(=O)Cc1cccc(Cl)c1)N1CCC(Oc2ccncc2)CC1. The zero-order chi connectivity index (χ0) is 24.9. The molecule has 0 aliphatic carbocycles. The van der Waals surface area contributed by atoms with E-state index < -0.39 is 20.0 Å². The van der Waals surface area contributed by atoms with Gasteiger partial charge >= 0.3 is 0 Å². The van der Waals surface area contributed by atoms with Crippen LogP contribution in [-0.4, -0.2) is 68.0 Å². The van der Waals surface area contributed by atoms with Gasteiger partial charge in [-0.2, -0.15) is 4.31 Å². The molecule has 192 valence electrons. The lowest BCUT2D eigenvalue weighted by atomic mass is 10.1. The third kappa shape index (κ3) is 7.16. The molecule has 1 aromatic heterocycles. The second-order valence-electron chi connectivity index (χ2n) is 9.15. The minimum atomic E-state index is -3.50. The molecule has 1 unspecified atom stereocenters. The van der Waals surface area contributed by atoms with Crippen LogP contribution in [0.1, 0.15) is 44.1 Å². The van der Waals surface area contributed by atoms with E-state index in [1.54, 1.807) is 57.4 Å². The molecule has 2 aromatic rings. The molecule has 2 saturated heterocycles. The van der Waals surface area contributed by atoms with Crippen LogP contribution in [0.4, 0.5) is 0 Å². The van der Waals surface area contributed by atoms with Gasteiger partial charge in [-0.1, -0.05) is 23.7 Å². The Morgan fingerprint density at radius 3 is 2.43 bits per heavy atom. The van der Waals surface area contributed by atoms with Gasteiger partial charge in [-0.15, -0.1) is 0 Å². The van der Waals surface area contributed by atoms with Crippen molar-refractivity contribution in [1.29, 1.82) is 0 Å². The fourth-order valence-electron chi connectivity index (χ4n) is 4.85. The van der Waals surface area contributed by atoms with Crippen molar-refractivity contribution >= 4 is 31.6 Å². The van der Waals surface area contributed by atoms with Crippen LogP contribution >= 0.6 is 11.6 Å². The summed E-state index contributed by atoms with van der Waals surface area (Å²) in [5.41, 5.74) is 0.655. The normalized spacial score (nSPS) is 20.8. The van der Waals surface area contributed by atoms with Crippen LogP contribution in [0.5, 0.6) is 5.75 Å². The van der Waals surface area contributed by atoms with Crippen LogP contribution in [-0.2, 0) is 25.8 Å². The number of sulfonamides is 2. The Hall–Kier alpha value is -1.72. The lowest BCUT2D eigenvalue weighted by molar-refractivity contribution is 0.135. The van der Waals surface area contributed by atoms with Gasteiger partial charge in [0.25, 0.3) is 0 Å². The van der Waals surface area contributed by atoms with E-state index in [0.717, 1.165) is 18.6 Å². The quantitative estimate of drug-likeness (QED) is 0.455. The molecule has 2 aliphatic heterocycles. The predicted molar refractivity (Wildman–Crippen MR) is 136 cm³/mol. The van der Waals surface area contributed by atoms with Gasteiger partial charge in [0, 0.05) is 43.1 Å². The minimum Gasteiger partial charge on any atom is -0.490 e. The van der Waals surface area contributed by atoms with E-state index in [-0.39, 0.29) is 23.7 Å². The summed E-state index contributed by atoms with van der Waals surface area (Å²) >= 11 is 6.00. The molecule has 0 saturated carbocycles. The molecular formula is C24H32ClN3O5S2. The highest BCUT2D eigenvalue weighted by molar-refractivity contribution is 7.89. The second kappa shape index (κ2) is 11.6. The number of hydrogen-bond donors (Lipinski definition) is 0. The molecule has 2 fully saturated rings. The van der Waals surface area contributed by atoms with Crippen molar-refractivity contribution in [2.45, 2.75) is 56.4 Å². The lowest BCUT2D eigenvalue weighted by Crippen LogP contribution is -2.43. The van der Waals surface area contributed by atoms with E-state index in [4.69, 9.17) is 16.3 Å². The molecule has 0 radical (unpaired) electrons. The number of pyridine rings is 1. The number of piperidine rings is 1. The predicted octanol–water partition coefficient (Wildman–Crippen LogP) is 3.68. The molecule has 4 rings (SSSR count). The van der Waals surface area contributed by atoms with Gasteiger partial charge in [-0.05, 0) is 68.4 Å². The Morgan fingerprint density at radius 1 is 0.971 bits per heavy atom. The molecule has 0 amide bonds. The molecule has 8 nitrogen and oxygen atoms in total. The number of nitrogens with zero attached hydrogens (tertiary/aromatic N) is 3. The maximum atomic E-state index is 13.0. The molecule has 1 atom stereocenters. The van der Waals surface area contributed by atoms with Crippen LogP contribution in [0.15, 0.2) is 48.8 Å². The van der Waals surface area contributed by atoms with E-state index in [1.165, 1.54) is 0 Å². The molecule has 0 N–H and O–H groups in total. The summed E-state index contributed by atoms with van der Waals surface area (Å²) < 4.78 is 60.9. The van der Waals surface area contributed by atoms with E-state index in [1.807, 2.05) is 0 Å². The van der Waals surface area contributed by atoms with Crippen molar-refractivity contribution < 1.29 is 21.6 Å². The Labute approximate surface area is 213 Å². The van der Waals surface area contributed by atoms with Crippen molar-refractivity contribution in [2.75, 3.05) is 25.4 Å². The Balaban J connectivity index is 1.25. The van der Waals surface area contributed by atoms with E-state index in [9.17, 15) is 16.8 Å². The molecular weight excluding hydrogens is 510 g/mol. The number of rotatable bonds is 10. The van der Waals surface area contributed by atoms with Crippen molar-refractivity contribution in [3.05, 3.63) is 59.4 Å². The van der Waals surface area contributed by atoms with Crippen molar-refractivity contribution in [2.24, 2.45) is 0 Å². The Bertz CT molecular complexity index is 1190. The third-order valence-corrected chi connectivity index (χ3v) is 10.7. The Kier molecular flexibility index (Phi) is 8.70. The van der Waals surface area contributed by atoms with E-state index in [2.05, 4.69) is 4.98 Å². The molecule has 0 bridgehead atoms. The smallest absolute Gasteiger partial charge is 0.218 e. The highest BCUT2D eigenvalue weighted by atomic mass is 35.5. The fourth-order valence-corrected chi connectivity index (χ4v) is 8.46. The Morgan fingerprint density at radius 2 is 1.71 bits per heavy atom. The first-order valence-electron chi connectivity index (χ1n) is 12.0. The van der Waals surface area contributed by atoms with Crippen LogP contribution in [0.25, 0.3) is 0 Å². The summed E-state index contributed by atoms with van der Waals surface area (Å²) in [6.07, 6.45) is 7.12. The summed E-state index contributed by atoms with van der Waals surface area (Å²) in [5, 5.41) is 0.508. The van der Waals surface area contributed by atoms with Gasteiger partial charge in [0.05, 0.1) is 11.5 Å². The number of aromatic nitrogens is 1. The summed E-state index contributed by atoms with van der Waals surface area (Å²) in [6, 6.07) is 10.3. The zero-order valence-corrected chi connectivity index (χ0v) is 22.0. The van der Waals surface area contributed by atoms with Gasteiger partial charge in [0.15, 0.2) is 0 Å². The second-order valence-corrected chi connectivity index (χ2v) is 13.6. The largest absolute Gasteiger partial charge is 0.490 e. The topological polar surface area (TPSA) is 96.9 Å². The highest BCUT2D eigenvalue weighted by Crippen LogP contribution is 2.28. The standard InChI is InChI=1S/C24H32ClN3O5S2/c25-21-5-1-4-20(18-21)19-35(31,32)28-14-2-6-22(28)7-3-17-34(29,30)27-15-10-24(11-16-27)33-23-8-12-26-13-9-23/h1,4-5,8-9,12-13,18,22,24H,2-3,6-7,10-11,14-17,19H2. The zero-order valence-electron chi connectivity index (χ0n) is 19.6. The average Bonchev–Trinajstić information content (AvgIpc) is 3.29. The fraction of sp³-hybridized carbons (Fsp3) is 0.542. The van der Waals surface area contributed by atoms with Crippen molar-refractivity contribution in [1.82, 2.24) is 13.6 Å². The maximum absolute atomic E-state index is 13.0. The van der Waals surface area contributed by atoms with Crippen molar-refractivity contribution in [3.8, 4) is 5.75 Å². The monoisotopic (exact) mass is 541 g/mol. The molecule has 3 heterocycles. The summed E-state index contributed by atoms with van der Waals surface area (Å²) in [4.78, 5) is 3.97. The molecule has 2 aliphatic rings. The van der Waals surface area contributed by atoms with Gasteiger partial charge in [-0.3, -0.25) is 4.98 Å². The van der Waals surface area contributed by atoms with Crippen LogP contribution < -0.4 is 4.74 Å². The number of ether oxygens (including phenoxy) is 1. The van der Waals surface area contributed by atoms with Crippen molar-refractivity contribution in [3.63, 3.8) is 0 Å². The summed E-state index contributed by atoms with van der Waals surface area (Å²) in [5.74, 6) is 0.674. The lowest BCUT2D eigenvalue weighted by Gasteiger charge is -2.31. The number of benzene rings is 1. The first kappa shape index (κ1) is 26.3. The summed E-state index contributed by atoms with van der Waals surface area (Å²) in [6.45, 7) is 1.34. The number of halogens is 1. The average molecular weight is 542 g/mol. The first-order valence-corrected chi connectivity index (χ1v) is 15.6.